The van der Waals surface area contributed by atoms with Gasteiger partial charge in [-0.2, -0.15) is 5.48 Å². The summed E-state index contributed by atoms with van der Waals surface area (Å²) in [5, 5.41) is 10.8. The molecule has 0 saturated carbocycles. The number of esters is 1. The maximum Gasteiger partial charge on any atom is 0.349 e. The predicted molar refractivity (Wildman–Crippen MR) is 85.8 cm³/mol. The molecule has 1 N–H and O–H groups in total. The van der Waals surface area contributed by atoms with Crippen molar-refractivity contribution in [1.82, 2.24) is 5.48 Å². The molecule has 25 heavy (non-hydrogen) atoms. The standard InChI is InChI=1S/C16H20N2O7/c1-4-16(5-2,15(21)25-17-11(3)19)14(20)24-10-12-7-6-8-13(9-12)18(22)23/h6-9H,4-5,10H2,1-3H3,(H,17,19). The summed E-state index contributed by atoms with van der Waals surface area (Å²) < 4.78 is 5.16. The highest BCUT2D eigenvalue weighted by atomic mass is 16.7. The van der Waals surface area contributed by atoms with E-state index in [-0.39, 0.29) is 25.1 Å². The summed E-state index contributed by atoms with van der Waals surface area (Å²) in [5.74, 6) is -2.32. The van der Waals surface area contributed by atoms with Gasteiger partial charge in [0.2, 0.25) is 5.91 Å². The van der Waals surface area contributed by atoms with E-state index in [1.165, 1.54) is 18.2 Å². The molecule has 1 rings (SSSR count). The molecule has 0 radical (unpaired) electrons. The zero-order valence-electron chi connectivity index (χ0n) is 14.2. The zero-order valence-corrected chi connectivity index (χ0v) is 14.2. The molecule has 9 nitrogen and oxygen atoms in total. The Bertz CT molecular complexity index is 668. The number of hydrogen-bond donors (Lipinski definition) is 1. The molecule has 1 aromatic carbocycles. The Hall–Kier alpha value is -2.97. The number of nitro benzene ring substituents is 1. The van der Waals surface area contributed by atoms with Gasteiger partial charge in [0.1, 0.15) is 6.61 Å². The molecule has 0 aliphatic rings. The second kappa shape index (κ2) is 8.76. The van der Waals surface area contributed by atoms with Gasteiger partial charge in [-0.05, 0) is 18.4 Å². The highest BCUT2D eigenvalue weighted by Crippen LogP contribution is 2.30. The van der Waals surface area contributed by atoms with Crippen LogP contribution in [0.3, 0.4) is 0 Å². The second-order valence-corrected chi connectivity index (χ2v) is 5.34. The van der Waals surface area contributed by atoms with Crippen LogP contribution >= 0.6 is 0 Å². The predicted octanol–water partition coefficient (Wildman–Crippen LogP) is 2.04. The molecule has 136 valence electrons. The number of ether oxygens (including phenoxy) is 1. The van der Waals surface area contributed by atoms with Gasteiger partial charge in [-0.25, -0.2) is 4.79 Å². The van der Waals surface area contributed by atoms with Crippen molar-refractivity contribution < 1.29 is 28.9 Å². The van der Waals surface area contributed by atoms with Gasteiger partial charge >= 0.3 is 11.9 Å². The van der Waals surface area contributed by atoms with E-state index in [0.717, 1.165) is 6.92 Å². The molecule has 0 heterocycles. The number of hydrogen-bond acceptors (Lipinski definition) is 7. The first-order valence-electron chi connectivity index (χ1n) is 7.65. The van der Waals surface area contributed by atoms with Crippen LogP contribution in [0.25, 0.3) is 0 Å². The Morgan fingerprint density at radius 3 is 2.36 bits per heavy atom. The molecule has 0 aliphatic heterocycles. The van der Waals surface area contributed by atoms with Crippen molar-refractivity contribution in [3.8, 4) is 0 Å². The van der Waals surface area contributed by atoms with Crippen molar-refractivity contribution in [2.24, 2.45) is 5.41 Å². The molecule has 0 bridgehead atoms. The molecule has 9 heteroatoms. The maximum absolute atomic E-state index is 12.4. The first-order valence-corrected chi connectivity index (χ1v) is 7.65. The van der Waals surface area contributed by atoms with Gasteiger partial charge in [0.15, 0.2) is 5.41 Å². The average molecular weight is 352 g/mol. The third kappa shape index (κ3) is 5.00. The van der Waals surface area contributed by atoms with E-state index >= 15 is 0 Å². The van der Waals surface area contributed by atoms with Crippen LogP contribution in [-0.4, -0.2) is 22.8 Å². The van der Waals surface area contributed by atoms with Gasteiger partial charge in [-0.3, -0.25) is 19.7 Å². The van der Waals surface area contributed by atoms with Gasteiger partial charge in [-0.15, -0.1) is 0 Å². The zero-order chi connectivity index (χ0) is 19.0. The van der Waals surface area contributed by atoms with Crippen molar-refractivity contribution in [3.05, 3.63) is 39.9 Å². The fourth-order valence-electron chi connectivity index (χ4n) is 2.17. The fraction of sp³-hybridized carbons (Fsp3) is 0.438. The molecule has 0 spiro atoms. The molecule has 0 aromatic heterocycles. The Kier molecular flexibility index (Phi) is 7.04. The number of hydroxylamine groups is 1. The molecule has 1 aromatic rings. The van der Waals surface area contributed by atoms with Crippen molar-refractivity contribution in [2.75, 3.05) is 0 Å². The molecule has 0 fully saturated rings. The van der Waals surface area contributed by atoms with Crippen LogP contribution in [0.2, 0.25) is 0 Å². The third-order valence-corrected chi connectivity index (χ3v) is 3.77. The quantitative estimate of drug-likeness (QED) is 0.344. The summed E-state index contributed by atoms with van der Waals surface area (Å²) >= 11 is 0. The monoisotopic (exact) mass is 352 g/mol. The van der Waals surface area contributed by atoms with Crippen LogP contribution < -0.4 is 5.48 Å². The van der Waals surface area contributed by atoms with Gasteiger partial charge in [-0.1, -0.05) is 26.0 Å². The number of benzene rings is 1. The molecule has 0 atom stereocenters. The minimum Gasteiger partial charge on any atom is -0.460 e. The highest BCUT2D eigenvalue weighted by molar-refractivity contribution is 6.00. The Balaban J connectivity index is 2.86. The summed E-state index contributed by atoms with van der Waals surface area (Å²) in [6, 6.07) is 5.63. The number of non-ortho nitro benzene ring substituents is 1. The summed E-state index contributed by atoms with van der Waals surface area (Å²) in [5.41, 5.74) is 0.617. The van der Waals surface area contributed by atoms with Gasteiger partial charge in [0.25, 0.3) is 5.69 Å². The highest BCUT2D eigenvalue weighted by Gasteiger charge is 2.46. The van der Waals surface area contributed by atoms with E-state index in [0.29, 0.717) is 5.56 Å². The Labute approximate surface area is 144 Å². The van der Waals surface area contributed by atoms with Crippen LogP contribution in [0.5, 0.6) is 0 Å². The number of amides is 1. The second-order valence-electron chi connectivity index (χ2n) is 5.34. The molecular formula is C16H20N2O7. The van der Waals surface area contributed by atoms with Gasteiger partial charge in [0, 0.05) is 19.1 Å². The summed E-state index contributed by atoms with van der Waals surface area (Å²) in [4.78, 5) is 50.3. The summed E-state index contributed by atoms with van der Waals surface area (Å²) in [7, 11) is 0. The maximum atomic E-state index is 12.4. The van der Waals surface area contributed by atoms with Crippen LogP contribution in [-0.2, 0) is 30.6 Å². The average Bonchev–Trinajstić information content (AvgIpc) is 2.59. The van der Waals surface area contributed by atoms with Crippen LogP contribution in [0.4, 0.5) is 5.69 Å². The lowest BCUT2D eigenvalue weighted by atomic mass is 9.82. The number of rotatable bonds is 7. The lowest BCUT2D eigenvalue weighted by molar-refractivity contribution is -0.384. The van der Waals surface area contributed by atoms with E-state index < -0.39 is 28.2 Å². The van der Waals surface area contributed by atoms with E-state index in [4.69, 9.17) is 4.74 Å². The van der Waals surface area contributed by atoms with E-state index in [1.54, 1.807) is 19.9 Å². The summed E-state index contributed by atoms with van der Waals surface area (Å²) in [6.45, 7) is 4.17. The molecule has 0 saturated heterocycles. The molecule has 1 amide bonds. The fourth-order valence-corrected chi connectivity index (χ4v) is 2.17. The lowest BCUT2D eigenvalue weighted by Crippen LogP contribution is -2.43. The largest absolute Gasteiger partial charge is 0.460 e. The topological polar surface area (TPSA) is 125 Å². The Morgan fingerprint density at radius 2 is 1.84 bits per heavy atom. The van der Waals surface area contributed by atoms with E-state index in [2.05, 4.69) is 4.84 Å². The minimum absolute atomic E-state index is 0.107. The number of nitro groups is 1. The smallest absolute Gasteiger partial charge is 0.349 e. The van der Waals surface area contributed by atoms with Crippen LogP contribution in [0, 0.1) is 15.5 Å². The molecule has 0 unspecified atom stereocenters. The van der Waals surface area contributed by atoms with Crippen molar-refractivity contribution in [3.63, 3.8) is 0 Å². The normalized spacial score (nSPS) is 10.7. The number of nitrogens with one attached hydrogen (secondary N) is 1. The Morgan fingerprint density at radius 1 is 1.20 bits per heavy atom. The van der Waals surface area contributed by atoms with Crippen molar-refractivity contribution in [2.45, 2.75) is 40.2 Å². The van der Waals surface area contributed by atoms with Crippen LogP contribution in [0.1, 0.15) is 39.2 Å². The van der Waals surface area contributed by atoms with Crippen molar-refractivity contribution in [1.29, 1.82) is 0 Å². The molecular weight excluding hydrogens is 332 g/mol. The number of nitrogens with zero attached hydrogens (tertiary/aromatic N) is 1. The number of carbonyl (C=O) groups excluding carboxylic acids is 3. The SMILES string of the molecule is CCC(CC)(C(=O)OCc1cccc([N+](=O)[O-])c1)C(=O)ONC(C)=O. The first-order chi connectivity index (χ1) is 11.8. The van der Waals surface area contributed by atoms with E-state index in [9.17, 15) is 24.5 Å². The third-order valence-electron chi connectivity index (χ3n) is 3.77. The number of carbonyl (C=O) groups is 3. The lowest BCUT2D eigenvalue weighted by Gasteiger charge is -2.26. The van der Waals surface area contributed by atoms with Crippen LogP contribution in [0.15, 0.2) is 24.3 Å². The van der Waals surface area contributed by atoms with Gasteiger partial charge < -0.3 is 9.57 Å². The first kappa shape index (κ1) is 20.1. The molecule has 0 aliphatic carbocycles. The van der Waals surface area contributed by atoms with Gasteiger partial charge in [0.05, 0.1) is 4.92 Å². The minimum atomic E-state index is -1.57. The summed E-state index contributed by atoms with van der Waals surface area (Å²) in [6.07, 6.45) is 0.214. The van der Waals surface area contributed by atoms with Crippen molar-refractivity contribution >= 4 is 23.5 Å². The van der Waals surface area contributed by atoms with E-state index in [1.807, 2.05) is 5.48 Å².